The number of nitrogens with zero attached hydrogens (tertiary/aromatic N) is 1. The smallest absolute Gasteiger partial charge is 0.0963 e. The molecule has 0 radical (unpaired) electrons. The van der Waals surface area contributed by atoms with Gasteiger partial charge >= 0.3 is 0 Å². The molecule has 3 unspecified atom stereocenters. The van der Waals surface area contributed by atoms with Crippen molar-refractivity contribution in [2.24, 2.45) is 11.5 Å². The zero-order valence-electron chi connectivity index (χ0n) is 14.2. The van der Waals surface area contributed by atoms with Crippen molar-refractivity contribution in [3.63, 3.8) is 0 Å². The fourth-order valence-corrected chi connectivity index (χ4v) is 2.95. The standard InChI is InChI=1S/C18H27N3O3/c1-11-7-14(8-15(19)9-22)12(2)21(11)16-5-3-13(4-6-16)18(24)17(20)10-23/h3-7,15,17-18,22-24H,8-10,19-20H2,1-2H3. The lowest BCUT2D eigenvalue weighted by Crippen LogP contribution is -2.31. The predicted molar refractivity (Wildman–Crippen MR) is 94.0 cm³/mol. The predicted octanol–water partition coefficient (Wildman–Crippen LogP) is 0.309. The van der Waals surface area contributed by atoms with E-state index in [2.05, 4.69) is 10.6 Å². The molecular weight excluding hydrogens is 306 g/mol. The molecule has 6 nitrogen and oxygen atoms in total. The van der Waals surface area contributed by atoms with Crippen LogP contribution in [0.1, 0.15) is 28.6 Å². The van der Waals surface area contributed by atoms with Gasteiger partial charge in [-0.3, -0.25) is 0 Å². The largest absolute Gasteiger partial charge is 0.395 e. The van der Waals surface area contributed by atoms with Crippen LogP contribution in [0.4, 0.5) is 0 Å². The summed E-state index contributed by atoms with van der Waals surface area (Å²) in [6, 6.07) is 8.57. The first kappa shape index (κ1) is 18.6. The number of nitrogens with two attached hydrogens (primary N) is 2. The van der Waals surface area contributed by atoms with Crippen molar-refractivity contribution in [1.29, 1.82) is 0 Å². The third-order valence-electron chi connectivity index (χ3n) is 4.36. The fourth-order valence-electron chi connectivity index (χ4n) is 2.95. The minimum atomic E-state index is -0.894. The van der Waals surface area contributed by atoms with Crippen LogP contribution >= 0.6 is 0 Å². The number of aliphatic hydroxyl groups is 3. The summed E-state index contributed by atoms with van der Waals surface area (Å²) in [6.07, 6.45) is -0.271. The zero-order valence-corrected chi connectivity index (χ0v) is 14.2. The molecule has 6 heteroatoms. The van der Waals surface area contributed by atoms with E-state index in [0.29, 0.717) is 12.0 Å². The minimum absolute atomic E-state index is 0.0403. The SMILES string of the molecule is Cc1cc(CC(N)CO)c(C)n1-c1ccc(C(O)C(N)CO)cc1. The average Bonchev–Trinajstić information content (AvgIpc) is 2.87. The molecule has 1 aromatic carbocycles. The molecule has 1 aromatic heterocycles. The van der Waals surface area contributed by atoms with E-state index in [1.54, 1.807) is 0 Å². The van der Waals surface area contributed by atoms with Crippen molar-refractivity contribution in [3.8, 4) is 5.69 Å². The lowest BCUT2D eigenvalue weighted by molar-refractivity contribution is 0.109. The maximum atomic E-state index is 10.1. The minimum Gasteiger partial charge on any atom is -0.395 e. The molecule has 132 valence electrons. The normalized spacial score (nSPS) is 15.3. The summed E-state index contributed by atoms with van der Waals surface area (Å²) in [4.78, 5) is 0. The summed E-state index contributed by atoms with van der Waals surface area (Å²) in [5.41, 5.74) is 16.4. The van der Waals surface area contributed by atoms with Crippen molar-refractivity contribution in [2.75, 3.05) is 13.2 Å². The Labute approximate surface area is 142 Å². The highest BCUT2D eigenvalue weighted by Crippen LogP contribution is 2.24. The van der Waals surface area contributed by atoms with Gasteiger partial charge in [-0.2, -0.15) is 0 Å². The van der Waals surface area contributed by atoms with Crippen LogP contribution < -0.4 is 11.5 Å². The van der Waals surface area contributed by atoms with Gasteiger partial charge in [-0.05, 0) is 49.6 Å². The third-order valence-corrected chi connectivity index (χ3v) is 4.36. The van der Waals surface area contributed by atoms with E-state index in [-0.39, 0.29) is 19.3 Å². The molecule has 0 bridgehead atoms. The second-order valence-electron chi connectivity index (χ2n) is 6.26. The first-order valence-corrected chi connectivity index (χ1v) is 8.08. The topological polar surface area (TPSA) is 118 Å². The first-order chi connectivity index (χ1) is 11.4. The van der Waals surface area contributed by atoms with Crippen LogP contribution in [0.2, 0.25) is 0 Å². The lowest BCUT2D eigenvalue weighted by Gasteiger charge is -2.18. The molecule has 0 aliphatic rings. The van der Waals surface area contributed by atoms with Gasteiger partial charge in [-0.1, -0.05) is 12.1 Å². The first-order valence-electron chi connectivity index (χ1n) is 8.08. The Balaban J connectivity index is 2.29. The van der Waals surface area contributed by atoms with E-state index in [1.807, 2.05) is 38.1 Å². The van der Waals surface area contributed by atoms with Gasteiger partial charge < -0.3 is 31.4 Å². The summed E-state index contributed by atoms with van der Waals surface area (Å²) in [5.74, 6) is 0. The zero-order chi connectivity index (χ0) is 17.9. The summed E-state index contributed by atoms with van der Waals surface area (Å²) < 4.78 is 2.11. The maximum absolute atomic E-state index is 10.1. The number of hydrogen-bond acceptors (Lipinski definition) is 5. The molecule has 1 heterocycles. The van der Waals surface area contributed by atoms with E-state index >= 15 is 0 Å². The van der Waals surface area contributed by atoms with Crippen LogP contribution in [-0.4, -0.2) is 45.2 Å². The second kappa shape index (κ2) is 7.92. The summed E-state index contributed by atoms with van der Waals surface area (Å²) >= 11 is 0. The number of aryl methyl sites for hydroxylation is 1. The number of aromatic nitrogens is 1. The van der Waals surface area contributed by atoms with Crippen LogP contribution in [0.5, 0.6) is 0 Å². The molecule has 0 fully saturated rings. The Morgan fingerprint density at radius 3 is 2.21 bits per heavy atom. The van der Waals surface area contributed by atoms with Crippen LogP contribution in [0.25, 0.3) is 5.69 Å². The molecule has 24 heavy (non-hydrogen) atoms. The molecule has 2 rings (SSSR count). The van der Waals surface area contributed by atoms with Gasteiger partial charge in [0.2, 0.25) is 0 Å². The van der Waals surface area contributed by atoms with E-state index in [9.17, 15) is 5.11 Å². The molecule has 0 saturated heterocycles. The number of rotatable bonds is 7. The Morgan fingerprint density at radius 1 is 1.04 bits per heavy atom. The molecule has 7 N–H and O–H groups in total. The van der Waals surface area contributed by atoms with Crippen LogP contribution in [-0.2, 0) is 6.42 Å². The Kier molecular flexibility index (Phi) is 6.15. The second-order valence-corrected chi connectivity index (χ2v) is 6.26. The molecular formula is C18H27N3O3. The van der Waals surface area contributed by atoms with Crippen molar-refractivity contribution in [2.45, 2.75) is 38.5 Å². The molecule has 0 amide bonds. The lowest BCUT2D eigenvalue weighted by atomic mass is 10.0. The molecule has 0 saturated carbocycles. The highest BCUT2D eigenvalue weighted by atomic mass is 16.3. The number of hydrogen-bond donors (Lipinski definition) is 5. The quantitative estimate of drug-likeness (QED) is 0.500. The molecule has 0 aliphatic heterocycles. The van der Waals surface area contributed by atoms with Crippen LogP contribution in [0, 0.1) is 13.8 Å². The van der Waals surface area contributed by atoms with Gasteiger partial charge in [0.1, 0.15) is 0 Å². The molecule has 2 aromatic rings. The Morgan fingerprint density at radius 2 is 1.67 bits per heavy atom. The molecule has 0 spiro atoms. The van der Waals surface area contributed by atoms with Crippen LogP contribution in [0.3, 0.4) is 0 Å². The molecule has 3 atom stereocenters. The van der Waals surface area contributed by atoms with Crippen LogP contribution in [0.15, 0.2) is 30.3 Å². The highest BCUT2D eigenvalue weighted by Gasteiger charge is 2.17. The van der Waals surface area contributed by atoms with Gasteiger partial charge in [0.05, 0.1) is 25.4 Å². The monoisotopic (exact) mass is 333 g/mol. The molecule has 0 aliphatic carbocycles. The fraction of sp³-hybridized carbons (Fsp3) is 0.444. The Bertz CT molecular complexity index is 667. The summed E-state index contributed by atoms with van der Waals surface area (Å²) in [7, 11) is 0. The van der Waals surface area contributed by atoms with Crippen molar-refractivity contribution >= 4 is 0 Å². The van der Waals surface area contributed by atoms with Gasteiger partial charge in [0.25, 0.3) is 0 Å². The van der Waals surface area contributed by atoms with E-state index < -0.39 is 12.1 Å². The maximum Gasteiger partial charge on any atom is 0.0963 e. The highest BCUT2D eigenvalue weighted by molar-refractivity contribution is 5.43. The van der Waals surface area contributed by atoms with E-state index in [4.69, 9.17) is 21.7 Å². The summed E-state index contributed by atoms with van der Waals surface area (Å²) in [6.45, 7) is 3.73. The van der Waals surface area contributed by atoms with E-state index in [1.165, 1.54) is 0 Å². The third kappa shape index (κ3) is 3.85. The number of aliphatic hydroxyl groups excluding tert-OH is 3. The van der Waals surface area contributed by atoms with Gasteiger partial charge in [-0.15, -0.1) is 0 Å². The number of benzene rings is 1. The average molecular weight is 333 g/mol. The van der Waals surface area contributed by atoms with Gasteiger partial charge in [-0.25, -0.2) is 0 Å². The van der Waals surface area contributed by atoms with Gasteiger partial charge in [0.15, 0.2) is 0 Å². The summed E-state index contributed by atoms with van der Waals surface area (Å²) in [5, 5.41) is 28.3. The van der Waals surface area contributed by atoms with Gasteiger partial charge in [0, 0.05) is 23.1 Å². The van der Waals surface area contributed by atoms with Crippen molar-refractivity contribution in [1.82, 2.24) is 4.57 Å². The van der Waals surface area contributed by atoms with Crippen molar-refractivity contribution in [3.05, 3.63) is 52.8 Å². The Hall–Kier alpha value is -1.70. The van der Waals surface area contributed by atoms with E-state index in [0.717, 1.165) is 22.6 Å². The van der Waals surface area contributed by atoms with Crippen molar-refractivity contribution < 1.29 is 15.3 Å².